The van der Waals surface area contributed by atoms with E-state index in [0.29, 0.717) is 5.56 Å². The topological polar surface area (TPSA) is 72.5 Å². The van der Waals surface area contributed by atoms with Crippen LogP contribution in [-0.2, 0) is 14.3 Å². The van der Waals surface area contributed by atoms with Crippen molar-refractivity contribution >= 4 is 23.7 Å². The van der Waals surface area contributed by atoms with Crippen LogP contribution in [0.1, 0.15) is 45.1 Å². The normalized spacial score (nSPS) is 11.1. The first-order chi connectivity index (χ1) is 13.2. The molecule has 1 amide bonds. The zero-order valence-corrected chi connectivity index (χ0v) is 16.9. The summed E-state index contributed by atoms with van der Waals surface area (Å²) in [7, 11) is 0. The zero-order chi connectivity index (χ0) is 20.8. The predicted molar refractivity (Wildman–Crippen MR) is 109 cm³/mol. The number of esters is 1. The summed E-state index contributed by atoms with van der Waals surface area (Å²) >= 11 is 0. The van der Waals surface area contributed by atoms with Crippen LogP contribution >= 0.6 is 0 Å². The third-order valence-corrected chi connectivity index (χ3v) is 4.76. The second-order valence-corrected chi connectivity index (χ2v) is 6.77. The van der Waals surface area contributed by atoms with Gasteiger partial charge in [0, 0.05) is 12.5 Å². The van der Waals surface area contributed by atoms with Crippen molar-refractivity contribution in [2.45, 2.75) is 34.6 Å². The van der Waals surface area contributed by atoms with Crippen molar-refractivity contribution in [2.75, 3.05) is 6.61 Å². The fourth-order valence-electron chi connectivity index (χ4n) is 2.84. The van der Waals surface area contributed by atoms with Gasteiger partial charge in [-0.3, -0.25) is 9.59 Å². The molecule has 0 spiro atoms. The molecule has 0 saturated carbocycles. The average molecular weight is 379 g/mol. The highest BCUT2D eigenvalue weighted by atomic mass is 16.5. The molecule has 0 atom stereocenters. The van der Waals surface area contributed by atoms with Gasteiger partial charge in [0.15, 0.2) is 6.61 Å². The van der Waals surface area contributed by atoms with Crippen LogP contribution in [0, 0.1) is 27.7 Å². The Morgan fingerprint density at radius 1 is 0.964 bits per heavy atom. The summed E-state index contributed by atoms with van der Waals surface area (Å²) in [4.78, 5) is 36.5. The van der Waals surface area contributed by atoms with Crippen molar-refractivity contribution in [1.82, 2.24) is 5.32 Å². The molecular weight excluding hydrogens is 354 g/mol. The van der Waals surface area contributed by atoms with Gasteiger partial charge in [0.2, 0.25) is 11.7 Å². The molecule has 0 aliphatic heterocycles. The molecule has 0 aromatic heterocycles. The molecule has 2 aromatic carbocycles. The van der Waals surface area contributed by atoms with E-state index in [2.05, 4.69) is 5.32 Å². The highest BCUT2D eigenvalue weighted by Gasteiger charge is 2.18. The van der Waals surface area contributed by atoms with E-state index in [9.17, 15) is 14.4 Å². The van der Waals surface area contributed by atoms with E-state index in [-0.39, 0.29) is 11.5 Å². The quantitative estimate of drug-likeness (QED) is 0.470. The number of benzene rings is 2. The van der Waals surface area contributed by atoms with Crippen LogP contribution in [0.4, 0.5) is 0 Å². The maximum Gasteiger partial charge on any atom is 0.355 e. The van der Waals surface area contributed by atoms with E-state index >= 15 is 0 Å². The van der Waals surface area contributed by atoms with Crippen molar-refractivity contribution < 1.29 is 19.1 Å². The van der Waals surface area contributed by atoms with E-state index in [4.69, 9.17) is 4.74 Å². The smallest absolute Gasteiger partial charge is 0.355 e. The first-order valence-corrected chi connectivity index (χ1v) is 9.02. The van der Waals surface area contributed by atoms with Gasteiger partial charge in [-0.05, 0) is 67.7 Å². The summed E-state index contributed by atoms with van der Waals surface area (Å²) in [6, 6.07) is 10.9. The summed E-state index contributed by atoms with van der Waals surface area (Å²) in [6.45, 7) is 8.72. The number of Topliss-reactive ketones (excluding diaryl/α,β-unsaturated/α-hetero) is 1. The lowest BCUT2D eigenvalue weighted by atomic mass is 9.93. The fourth-order valence-corrected chi connectivity index (χ4v) is 2.84. The molecule has 1 N–H and O–H groups in total. The SMILES string of the molecule is CC(=O)N/C(=C/c1ccccc1)C(=O)OCC(=O)c1cc(C)c(C)c(C)c1C. The third-order valence-electron chi connectivity index (χ3n) is 4.76. The second kappa shape index (κ2) is 9.13. The van der Waals surface area contributed by atoms with Crippen LogP contribution in [0.25, 0.3) is 6.08 Å². The standard InChI is InChI=1S/C23H25NO4/c1-14-11-20(17(4)16(3)15(14)2)22(26)13-28-23(27)21(24-18(5)25)12-19-9-7-6-8-10-19/h6-12H,13H2,1-5H3,(H,24,25)/b21-12+. The fraction of sp³-hybridized carbons (Fsp3) is 0.261. The van der Waals surface area contributed by atoms with Crippen molar-refractivity contribution in [3.8, 4) is 0 Å². The zero-order valence-electron chi connectivity index (χ0n) is 16.9. The Hall–Kier alpha value is -3.21. The number of rotatable bonds is 6. The summed E-state index contributed by atoms with van der Waals surface area (Å²) < 4.78 is 5.19. The Labute approximate surface area is 165 Å². The highest BCUT2D eigenvalue weighted by Crippen LogP contribution is 2.21. The van der Waals surface area contributed by atoms with E-state index < -0.39 is 18.5 Å². The molecule has 0 heterocycles. The van der Waals surface area contributed by atoms with E-state index in [1.165, 1.54) is 13.0 Å². The number of hydrogen-bond acceptors (Lipinski definition) is 4. The Kier molecular flexibility index (Phi) is 6.88. The average Bonchev–Trinajstić information content (AvgIpc) is 2.67. The van der Waals surface area contributed by atoms with Gasteiger partial charge in [-0.15, -0.1) is 0 Å². The highest BCUT2D eigenvalue weighted by molar-refractivity contribution is 6.02. The number of ketones is 1. The number of ether oxygens (including phenoxy) is 1. The molecule has 0 saturated heterocycles. The van der Waals surface area contributed by atoms with Gasteiger partial charge in [0.1, 0.15) is 5.70 Å². The molecular formula is C23H25NO4. The van der Waals surface area contributed by atoms with Gasteiger partial charge in [0.25, 0.3) is 0 Å². The first-order valence-electron chi connectivity index (χ1n) is 9.02. The van der Waals surface area contributed by atoms with Gasteiger partial charge in [0.05, 0.1) is 0 Å². The van der Waals surface area contributed by atoms with Gasteiger partial charge in [-0.1, -0.05) is 30.3 Å². The van der Waals surface area contributed by atoms with Crippen LogP contribution in [0.15, 0.2) is 42.1 Å². The molecule has 0 fully saturated rings. The summed E-state index contributed by atoms with van der Waals surface area (Å²) in [6.07, 6.45) is 1.51. The number of amides is 1. The summed E-state index contributed by atoms with van der Waals surface area (Å²) in [5.41, 5.74) is 5.35. The van der Waals surface area contributed by atoms with Crippen molar-refractivity contribution in [3.63, 3.8) is 0 Å². The minimum atomic E-state index is -0.759. The van der Waals surface area contributed by atoms with E-state index in [1.807, 2.05) is 52.0 Å². The molecule has 0 aliphatic carbocycles. The maximum absolute atomic E-state index is 12.6. The minimum Gasteiger partial charge on any atom is -0.453 e. The Bertz CT molecular complexity index is 943. The number of nitrogens with one attached hydrogen (secondary N) is 1. The van der Waals surface area contributed by atoms with Crippen molar-refractivity contribution in [3.05, 3.63) is 75.5 Å². The lowest BCUT2D eigenvalue weighted by Crippen LogP contribution is -2.27. The molecule has 0 unspecified atom stereocenters. The second-order valence-electron chi connectivity index (χ2n) is 6.77. The minimum absolute atomic E-state index is 0.0144. The molecule has 0 radical (unpaired) electrons. The Morgan fingerprint density at radius 2 is 1.61 bits per heavy atom. The van der Waals surface area contributed by atoms with Gasteiger partial charge in [-0.25, -0.2) is 4.79 Å². The van der Waals surface area contributed by atoms with E-state index in [0.717, 1.165) is 27.8 Å². The molecule has 5 heteroatoms. The number of carbonyl (C=O) groups is 3. The number of carbonyl (C=O) groups excluding carboxylic acids is 3. The molecule has 2 aromatic rings. The lowest BCUT2D eigenvalue weighted by molar-refractivity contribution is -0.139. The van der Waals surface area contributed by atoms with Gasteiger partial charge in [-0.2, -0.15) is 0 Å². The van der Waals surface area contributed by atoms with Crippen molar-refractivity contribution in [1.29, 1.82) is 0 Å². The molecule has 28 heavy (non-hydrogen) atoms. The summed E-state index contributed by atoms with van der Waals surface area (Å²) in [5, 5.41) is 2.47. The third kappa shape index (κ3) is 5.16. The predicted octanol–water partition coefficient (Wildman–Crippen LogP) is 3.82. The number of hydrogen-bond donors (Lipinski definition) is 1. The molecule has 146 valence electrons. The van der Waals surface area contributed by atoms with Gasteiger partial charge >= 0.3 is 5.97 Å². The number of aryl methyl sites for hydroxylation is 1. The first kappa shape index (κ1) is 21.1. The molecule has 5 nitrogen and oxygen atoms in total. The molecule has 2 rings (SSSR count). The summed E-state index contributed by atoms with van der Waals surface area (Å²) in [5.74, 6) is -1.43. The van der Waals surface area contributed by atoms with Crippen LogP contribution in [0.2, 0.25) is 0 Å². The van der Waals surface area contributed by atoms with Gasteiger partial charge < -0.3 is 10.1 Å². The van der Waals surface area contributed by atoms with Crippen LogP contribution in [0.3, 0.4) is 0 Å². The van der Waals surface area contributed by atoms with Crippen LogP contribution < -0.4 is 5.32 Å². The Balaban J connectivity index is 2.17. The molecule has 0 aliphatic rings. The molecule has 0 bridgehead atoms. The Morgan fingerprint density at radius 3 is 2.21 bits per heavy atom. The maximum atomic E-state index is 12.6. The van der Waals surface area contributed by atoms with Crippen LogP contribution in [-0.4, -0.2) is 24.3 Å². The largest absolute Gasteiger partial charge is 0.453 e. The van der Waals surface area contributed by atoms with Crippen LogP contribution in [0.5, 0.6) is 0 Å². The van der Waals surface area contributed by atoms with E-state index in [1.54, 1.807) is 12.1 Å². The van der Waals surface area contributed by atoms with Crippen molar-refractivity contribution in [2.24, 2.45) is 0 Å². The monoisotopic (exact) mass is 379 g/mol. The lowest BCUT2D eigenvalue weighted by Gasteiger charge is -2.14.